The van der Waals surface area contributed by atoms with Crippen molar-refractivity contribution in [3.8, 4) is 5.75 Å². The minimum atomic E-state index is -0.983. The second-order valence-corrected chi connectivity index (χ2v) is 4.99. The third-order valence-corrected chi connectivity index (χ3v) is 3.56. The highest BCUT2D eigenvalue weighted by Gasteiger charge is 2.14. The molecule has 0 unspecified atom stereocenters. The lowest BCUT2D eigenvalue weighted by molar-refractivity contribution is 0.0695. The van der Waals surface area contributed by atoms with Gasteiger partial charge in [-0.2, -0.15) is 5.10 Å². The van der Waals surface area contributed by atoms with E-state index in [0.29, 0.717) is 18.0 Å². The van der Waals surface area contributed by atoms with Crippen molar-refractivity contribution in [3.63, 3.8) is 0 Å². The lowest BCUT2D eigenvalue weighted by Crippen LogP contribution is -2.10. The molecule has 0 aliphatic carbocycles. The average molecular weight is 340 g/mol. The molecule has 1 heterocycles. The van der Waals surface area contributed by atoms with E-state index in [4.69, 9.17) is 9.84 Å². The van der Waals surface area contributed by atoms with E-state index in [1.54, 1.807) is 18.8 Å². The second kappa shape index (κ2) is 5.96. The molecule has 0 atom stereocenters. The number of carboxylic acids is 1. The number of halogens is 1. The number of aryl methyl sites for hydroxylation is 1. The second-order valence-electron chi connectivity index (χ2n) is 4.14. The first-order chi connectivity index (χ1) is 9.52. The van der Waals surface area contributed by atoms with E-state index in [1.807, 2.05) is 18.2 Å². The number of hydrogen-bond donors (Lipinski definition) is 2. The molecule has 2 rings (SSSR count). The van der Waals surface area contributed by atoms with Crippen LogP contribution in [-0.2, 0) is 13.6 Å². The van der Waals surface area contributed by atoms with Crippen LogP contribution >= 0.6 is 15.9 Å². The summed E-state index contributed by atoms with van der Waals surface area (Å²) in [5.74, 6) is -0.276. The maximum atomic E-state index is 11.1. The molecule has 6 nitrogen and oxygen atoms in total. The number of nitrogens with zero attached hydrogens (tertiary/aromatic N) is 2. The van der Waals surface area contributed by atoms with Gasteiger partial charge in [-0.15, -0.1) is 0 Å². The quantitative estimate of drug-likeness (QED) is 0.875. The Morgan fingerprint density at radius 2 is 2.30 bits per heavy atom. The van der Waals surface area contributed by atoms with Crippen LogP contribution in [0.1, 0.15) is 16.1 Å². The van der Waals surface area contributed by atoms with Crippen molar-refractivity contribution >= 4 is 27.6 Å². The molecule has 0 aliphatic rings. The first kappa shape index (κ1) is 14.4. The monoisotopic (exact) mass is 339 g/mol. The van der Waals surface area contributed by atoms with Crippen molar-refractivity contribution in [2.45, 2.75) is 6.54 Å². The Kier molecular flexibility index (Phi) is 4.29. The Morgan fingerprint density at radius 3 is 2.95 bits per heavy atom. The SMILES string of the molecule is COc1cc(NCc2c(C(=O)O)cnn2C)ccc1Br. The summed E-state index contributed by atoms with van der Waals surface area (Å²) in [6.07, 6.45) is 1.35. The molecular weight excluding hydrogens is 326 g/mol. The molecule has 1 aromatic heterocycles. The minimum Gasteiger partial charge on any atom is -0.495 e. The number of methoxy groups -OCH3 is 1. The third-order valence-electron chi connectivity index (χ3n) is 2.90. The van der Waals surface area contributed by atoms with Gasteiger partial charge in [-0.25, -0.2) is 4.79 Å². The fourth-order valence-corrected chi connectivity index (χ4v) is 2.22. The number of benzene rings is 1. The Hall–Kier alpha value is -2.02. The van der Waals surface area contributed by atoms with Crippen molar-refractivity contribution < 1.29 is 14.6 Å². The predicted molar refractivity (Wildman–Crippen MR) is 78.2 cm³/mol. The molecule has 0 fully saturated rings. The van der Waals surface area contributed by atoms with Gasteiger partial charge in [0, 0.05) is 18.8 Å². The Labute approximate surface area is 124 Å². The lowest BCUT2D eigenvalue weighted by Gasteiger charge is -2.10. The number of aromatic carboxylic acids is 1. The molecule has 2 N–H and O–H groups in total. The zero-order valence-corrected chi connectivity index (χ0v) is 12.6. The van der Waals surface area contributed by atoms with Gasteiger partial charge in [0.05, 0.1) is 30.0 Å². The van der Waals surface area contributed by atoms with Crippen LogP contribution in [0.4, 0.5) is 5.69 Å². The zero-order chi connectivity index (χ0) is 14.7. The first-order valence-corrected chi connectivity index (χ1v) is 6.63. The highest BCUT2D eigenvalue weighted by molar-refractivity contribution is 9.10. The van der Waals surface area contributed by atoms with Gasteiger partial charge in [0.2, 0.25) is 0 Å². The lowest BCUT2D eigenvalue weighted by atomic mass is 10.2. The normalized spacial score (nSPS) is 10.3. The molecule has 0 aliphatic heterocycles. The zero-order valence-electron chi connectivity index (χ0n) is 11.1. The van der Waals surface area contributed by atoms with Gasteiger partial charge in [0.15, 0.2) is 0 Å². The topological polar surface area (TPSA) is 76.4 Å². The molecule has 7 heteroatoms. The molecule has 0 bridgehead atoms. The minimum absolute atomic E-state index is 0.198. The van der Waals surface area contributed by atoms with E-state index < -0.39 is 5.97 Å². The molecule has 20 heavy (non-hydrogen) atoms. The fourth-order valence-electron chi connectivity index (χ4n) is 1.81. The van der Waals surface area contributed by atoms with Gasteiger partial charge in [0.25, 0.3) is 0 Å². The van der Waals surface area contributed by atoms with Crippen molar-refractivity contribution in [2.75, 3.05) is 12.4 Å². The summed E-state index contributed by atoms with van der Waals surface area (Å²) >= 11 is 3.38. The molecule has 0 spiro atoms. The van der Waals surface area contributed by atoms with Crippen LogP contribution in [0.3, 0.4) is 0 Å². The van der Waals surface area contributed by atoms with Gasteiger partial charge >= 0.3 is 5.97 Å². The standard InChI is InChI=1S/C13H14BrN3O3/c1-17-11(9(6-16-17)13(18)19)7-15-8-3-4-10(14)12(5-8)20-2/h3-6,15H,7H2,1-2H3,(H,18,19). The number of rotatable bonds is 5. The van der Waals surface area contributed by atoms with Gasteiger partial charge < -0.3 is 15.2 Å². The van der Waals surface area contributed by atoms with Crippen molar-refractivity contribution in [3.05, 3.63) is 40.1 Å². The first-order valence-electron chi connectivity index (χ1n) is 5.84. The summed E-state index contributed by atoms with van der Waals surface area (Å²) in [5.41, 5.74) is 1.64. The van der Waals surface area contributed by atoms with E-state index in [9.17, 15) is 4.79 Å². The van der Waals surface area contributed by atoms with E-state index in [-0.39, 0.29) is 5.56 Å². The molecular formula is C13H14BrN3O3. The largest absolute Gasteiger partial charge is 0.495 e. The van der Waals surface area contributed by atoms with Crippen LogP contribution in [0.2, 0.25) is 0 Å². The summed E-state index contributed by atoms with van der Waals surface area (Å²) in [5, 5.41) is 16.2. The third kappa shape index (κ3) is 2.93. The Morgan fingerprint density at radius 1 is 1.55 bits per heavy atom. The van der Waals surface area contributed by atoms with Crippen molar-refractivity contribution in [1.82, 2.24) is 9.78 Å². The summed E-state index contributed by atoms with van der Waals surface area (Å²) < 4.78 is 7.62. The summed E-state index contributed by atoms with van der Waals surface area (Å²) in [7, 11) is 3.30. The highest BCUT2D eigenvalue weighted by Crippen LogP contribution is 2.28. The van der Waals surface area contributed by atoms with Crippen LogP contribution in [-0.4, -0.2) is 28.0 Å². The Bertz CT molecular complexity index is 640. The van der Waals surface area contributed by atoms with Gasteiger partial charge in [-0.3, -0.25) is 4.68 Å². The Balaban J connectivity index is 2.17. The number of carboxylic acid groups (broad SMARTS) is 1. The number of hydrogen-bond acceptors (Lipinski definition) is 4. The molecule has 0 saturated carbocycles. The number of anilines is 1. The van der Waals surface area contributed by atoms with Crippen LogP contribution in [0.25, 0.3) is 0 Å². The van der Waals surface area contributed by atoms with Crippen LogP contribution in [0.15, 0.2) is 28.9 Å². The van der Waals surface area contributed by atoms with E-state index in [1.165, 1.54) is 6.20 Å². The molecule has 0 radical (unpaired) electrons. The van der Waals surface area contributed by atoms with Crippen LogP contribution < -0.4 is 10.1 Å². The molecule has 0 amide bonds. The maximum absolute atomic E-state index is 11.1. The van der Waals surface area contributed by atoms with E-state index in [0.717, 1.165) is 10.2 Å². The van der Waals surface area contributed by atoms with Gasteiger partial charge in [0.1, 0.15) is 11.3 Å². The van der Waals surface area contributed by atoms with Gasteiger partial charge in [-0.05, 0) is 28.1 Å². The number of ether oxygens (including phenoxy) is 1. The summed E-state index contributed by atoms with van der Waals surface area (Å²) in [4.78, 5) is 11.1. The van der Waals surface area contributed by atoms with Crippen LogP contribution in [0, 0.1) is 0 Å². The van der Waals surface area contributed by atoms with E-state index >= 15 is 0 Å². The summed E-state index contributed by atoms with van der Waals surface area (Å²) in [6, 6.07) is 5.58. The van der Waals surface area contributed by atoms with Gasteiger partial charge in [-0.1, -0.05) is 0 Å². The summed E-state index contributed by atoms with van der Waals surface area (Å²) in [6.45, 7) is 0.364. The molecule has 106 valence electrons. The van der Waals surface area contributed by atoms with Crippen molar-refractivity contribution in [2.24, 2.45) is 7.05 Å². The molecule has 1 aromatic carbocycles. The van der Waals surface area contributed by atoms with Crippen molar-refractivity contribution in [1.29, 1.82) is 0 Å². The highest BCUT2D eigenvalue weighted by atomic mass is 79.9. The maximum Gasteiger partial charge on any atom is 0.339 e. The van der Waals surface area contributed by atoms with E-state index in [2.05, 4.69) is 26.3 Å². The smallest absolute Gasteiger partial charge is 0.339 e. The number of carbonyl (C=O) groups is 1. The fraction of sp³-hybridized carbons (Fsp3) is 0.231. The average Bonchev–Trinajstić information content (AvgIpc) is 2.79. The number of aromatic nitrogens is 2. The predicted octanol–water partition coefficient (Wildman–Crippen LogP) is 2.50. The van der Waals surface area contributed by atoms with Crippen LogP contribution in [0.5, 0.6) is 5.75 Å². The molecule has 2 aromatic rings. The number of nitrogens with one attached hydrogen (secondary N) is 1. The molecule has 0 saturated heterocycles.